The Hall–Kier alpha value is -3.74. The summed E-state index contributed by atoms with van der Waals surface area (Å²) in [5.41, 5.74) is 4.90. The molecule has 1 aromatic heterocycles. The van der Waals surface area contributed by atoms with E-state index in [1.807, 2.05) is 72.8 Å². The number of allylic oxidation sites excluding steroid dienone is 1. The Morgan fingerprint density at radius 1 is 0.974 bits per heavy atom. The number of amides is 1. The van der Waals surface area contributed by atoms with Crippen LogP contribution < -0.4 is 4.74 Å². The number of carbonyl (C=O) groups is 1. The summed E-state index contributed by atoms with van der Waals surface area (Å²) < 4.78 is 5.92. The number of halogens is 2. The third kappa shape index (κ3) is 4.89. The van der Waals surface area contributed by atoms with Crippen molar-refractivity contribution in [1.82, 2.24) is 15.0 Å². The Bertz CT molecular complexity index is 1550. The largest absolute Gasteiger partial charge is 0.467 e. The molecule has 0 saturated heterocycles. The number of hydrogen-bond donors (Lipinski definition) is 0. The van der Waals surface area contributed by atoms with Gasteiger partial charge in [-0.05, 0) is 78.4 Å². The normalized spacial score (nSPS) is 19.9. The van der Waals surface area contributed by atoms with Crippen molar-refractivity contribution in [3.63, 3.8) is 0 Å². The van der Waals surface area contributed by atoms with Crippen molar-refractivity contribution < 1.29 is 9.53 Å². The Morgan fingerprint density at radius 3 is 2.50 bits per heavy atom. The Kier molecular flexibility index (Phi) is 6.83. The molecule has 0 bridgehead atoms. The van der Waals surface area contributed by atoms with Crippen molar-refractivity contribution in [3.05, 3.63) is 106 Å². The van der Waals surface area contributed by atoms with E-state index >= 15 is 0 Å². The number of ether oxygens (including phenoxy) is 1. The first kappa shape index (κ1) is 24.6. The minimum atomic E-state index is -0.241. The number of hydrazone groups is 1. The van der Waals surface area contributed by atoms with Crippen LogP contribution in [-0.2, 0) is 4.79 Å². The standard InChI is InChI=1S/C30H24Cl2N4O2/c31-22-12-8-19(9-13-22)16-21-4-3-6-25-28(21)35-36(29(25)20-10-14-23(32)15-11-20)27(37)17-38-30-24-5-1-2-7-26(24)33-18-34-30/h1-2,5,7-16,18,25,29H,3-4,6,17H2/b21-16-/t25-,29+/m1/s1. The average molecular weight is 543 g/mol. The van der Waals surface area contributed by atoms with Crippen LogP contribution in [0.15, 0.2) is 89.8 Å². The molecule has 8 heteroatoms. The second-order valence-electron chi connectivity index (χ2n) is 9.42. The second-order valence-corrected chi connectivity index (χ2v) is 10.3. The lowest BCUT2D eigenvalue weighted by Crippen LogP contribution is -2.34. The topological polar surface area (TPSA) is 67.7 Å². The number of para-hydroxylation sites is 1. The number of nitrogens with zero attached hydrogens (tertiary/aromatic N) is 4. The first-order valence-corrected chi connectivity index (χ1v) is 13.3. The highest BCUT2D eigenvalue weighted by Crippen LogP contribution is 2.44. The van der Waals surface area contributed by atoms with Crippen LogP contribution in [-0.4, -0.2) is 33.2 Å². The van der Waals surface area contributed by atoms with Gasteiger partial charge in [0.25, 0.3) is 5.91 Å². The third-order valence-electron chi connectivity index (χ3n) is 7.02. The zero-order chi connectivity index (χ0) is 26.1. The van der Waals surface area contributed by atoms with E-state index in [2.05, 4.69) is 16.0 Å². The van der Waals surface area contributed by atoms with Gasteiger partial charge in [0.2, 0.25) is 5.88 Å². The molecular formula is C30H24Cl2N4O2. The molecule has 1 fully saturated rings. The molecule has 0 spiro atoms. The van der Waals surface area contributed by atoms with Gasteiger partial charge in [0.05, 0.1) is 22.7 Å². The Balaban J connectivity index is 1.32. The van der Waals surface area contributed by atoms with Crippen LogP contribution in [0.2, 0.25) is 10.0 Å². The number of aromatic nitrogens is 2. The molecule has 4 aromatic rings. The molecule has 0 unspecified atom stereocenters. The van der Waals surface area contributed by atoms with E-state index in [1.54, 1.807) is 5.01 Å². The number of hydrogen-bond acceptors (Lipinski definition) is 5. The van der Waals surface area contributed by atoms with E-state index < -0.39 is 0 Å². The molecule has 6 nitrogen and oxygen atoms in total. The van der Waals surface area contributed by atoms with Crippen LogP contribution in [0.25, 0.3) is 17.0 Å². The molecule has 2 aliphatic rings. The molecule has 1 amide bonds. The van der Waals surface area contributed by atoms with Gasteiger partial charge in [-0.1, -0.05) is 59.6 Å². The van der Waals surface area contributed by atoms with Crippen molar-refractivity contribution in [2.24, 2.45) is 11.0 Å². The van der Waals surface area contributed by atoms with E-state index in [0.717, 1.165) is 52.6 Å². The zero-order valence-electron chi connectivity index (χ0n) is 20.4. The quantitative estimate of drug-likeness (QED) is 0.268. The van der Waals surface area contributed by atoms with Crippen LogP contribution in [0, 0.1) is 5.92 Å². The maximum absolute atomic E-state index is 13.6. The summed E-state index contributed by atoms with van der Waals surface area (Å²) in [6.07, 6.45) is 6.44. The molecule has 6 rings (SSSR count). The first-order valence-electron chi connectivity index (χ1n) is 12.5. The van der Waals surface area contributed by atoms with Gasteiger partial charge in [-0.2, -0.15) is 5.10 Å². The molecule has 2 heterocycles. The van der Waals surface area contributed by atoms with Gasteiger partial charge < -0.3 is 4.74 Å². The molecule has 2 atom stereocenters. The molecule has 1 saturated carbocycles. The number of rotatable bonds is 5. The lowest BCUT2D eigenvalue weighted by atomic mass is 9.77. The molecule has 3 aromatic carbocycles. The van der Waals surface area contributed by atoms with Gasteiger partial charge in [-0.3, -0.25) is 4.79 Å². The monoisotopic (exact) mass is 542 g/mol. The highest BCUT2D eigenvalue weighted by Gasteiger charge is 2.43. The maximum atomic E-state index is 13.6. The summed E-state index contributed by atoms with van der Waals surface area (Å²) in [5, 5.41) is 8.61. The van der Waals surface area contributed by atoms with Crippen molar-refractivity contribution in [1.29, 1.82) is 0 Å². The lowest BCUT2D eigenvalue weighted by Gasteiger charge is -2.29. The summed E-state index contributed by atoms with van der Waals surface area (Å²) in [5.74, 6) is 0.215. The first-order chi connectivity index (χ1) is 18.6. The summed E-state index contributed by atoms with van der Waals surface area (Å²) >= 11 is 12.3. The fourth-order valence-corrected chi connectivity index (χ4v) is 5.50. The Morgan fingerprint density at radius 2 is 1.71 bits per heavy atom. The smallest absolute Gasteiger partial charge is 0.281 e. The van der Waals surface area contributed by atoms with Crippen LogP contribution >= 0.6 is 23.2 Å². The highest BCUT2D eigenvalue weighted by molar-refractivity contribution is 6.30. The van der Waals surface area contributed by atoms with Gasteiger partial charge in [-0.25, -0.2) is 15.0 Å². The average Bonchev–Trinajstić information content (AvgIpc) is 3.34. The number of carbonyl (C=O) groups excluding carboxylic acids is 1. The summed E-state index contributed by atoms with van der Waals surface area (Å²) in [6.45, 7) is -0.190. The maximum Gasteiger partial charge on any atom is 0.281 e. The SMILES string of the molecule is O=C(COc1ncnc2ccccc12)N1N=C2/C(=C\c3ccc(Cl)cc3)CCC[C@H]2[C@@H]1c1ccc(Cl)cc1. The van der Waals surface area contributed by atoms with E-state index in [0.29, 0.717) is 15.9 Å². The van der Waals surface area contributed by atoms with Gasteiger partial charge in [0, 0.05) is 16.0 Å². The summed E-state index contributed by atoms with van der Waals surface area (Å²) in [7, 11) is 0. The van der Waals surface area contributed by atoms with E-state index in [1.165, 1.54) is 6.33 Å². The van der Waals surface area contributed by atoms with Crippen LogP contribution in [0.3, 0.4) is 0 Å². The fraction of sp³-hybridized carbons (Fsp3) is 0.200. The minimum Gasteiger partial charge on any atom is -0.467 e. The predicted octanol–water partition coefficient (Wildman–Crippen LogP) is 7.14. The van der Waals surface area contributed by atoms with Crippen molar-refractivity contribution >= 4 is 51.8 Å². The van der Waals surface area contributed by atoms with Crippen LogP contribution in [0.1, 0.15) is 36.4 Å². The Labute approximate surface area is 230 Å². The minimum absolute atomic E-state index is 0.0762. The van der Waals surface area contributed by atoms with Crippen molar-refractivity contribution in [2.75, 3.05) is 6.61 Å². The number of benzene rings is 3. The molecule has 190 valence electrons. The summed E-state index contributed by atoms with van der Waals surface area (Å²) in [6, 6.07) is 22.7. The highest BCUT2D eigenvalue weighted by atomic mass is 35.5. The van der Waals surface area contributed by atoms with Gasteiger partial charge in [0.15, 0.2) is 6.61 Å². The molecule has 0 radical (unpaired) electrons. The van der Waals surface area contributed by atoms with Gasteiger partial charge >= 0.3 is 0 Å². The number of fused-ring (bicyclic) bond motifs is 2. The molecule has 0 N–H and O–H groups in total. The van der Waals surface area contributed by atoms with Crippen LogP contribution in [0.4, 0.5) is 0 Å². The fourth-order valence-electron chi connectivity index (χ4n) is 5.25. The predicted molar refractivity (Wildman–Crippen MR) is 150 cm³/mol. The molecule has 38 heavy (non-hydrogen) atoms. The van der Waals surface area contributed by atoms with E-state index in [-0.39, 0.29) is 24.5 Å². The van der Waals surface area contributed by atoms with Crippen LogP contribution in [0.5, 0.6) is 5.88 Å². The molecule has 1 aliphatic heterocycles. The van der Waals surface area contributed by atoms with Crippen molar-refractivity contribution in [2.45, 2.75) is 25.3 Å². The van der Waals surface area contributed by atoms with E-state index in [4.69, 9.17) is 33.0 Å². The zero-order valence-corrected chi connectivity index (χ0v) is 21.9. The third-order valence-corrected chi connectivity index (χ3v) is 7.52. The van der Waals surface area contributed by atoms with E-state index in [9.17, 15) is 4.79 Å². The lowest BCUT2D eigenvalue weighted by molar-refractivity contribution is -0.135. The summed E-state index contributed by atoms with van der Waals surface area (Å²) in [4.78, 5) is 22.2. The second kappa shape index (κ2) is 10.6. The molecular weight excluding hydrogens is 519 g/mol. The van der Waals surface area contributed by atoms with Gasteiger partial charge in [0.1, 0.15) is 6.33 Å². The van der Waals surface area contributed by atoms with Gasteiger partial charge in [-0.15, -0.1) is 0 Å². The molecule has 1 aliphatic carbocycles. The van der Waals surface area contributed by atoms with Crippen molar-refractivity contribution in [3.8, 4) is 5.88 Å².